The number of carbonyl (C=O) groups excluding carboxylic acids is 1. The molecule has 0 saturated carbocycles. The van der Waals surface area contributed by atoms with Crippen molar-refractivity contribution in [2.45, 2.75) is 32.2 Å². The van der Waals surface area contributed by atoms with Crippen molar-refractivity contribution in [3.63, 3.8) is 0 Å². The number of benzene rings is 1. The molecule has 1 aliphatic rings. The minimum atomic E-state index is -0.214. The standard InChI is InChI=1S/C16H17FN2OS/c1-10(11-6-3-4-7-12(11)17)19(2)16-18-15-13(20)8-5-9-14(15)21-16/h3-4,6-7,10H,5,8-9H2,1-2H3. The molecule has 1 unspecified atom stereocenters. The van der Waals surface area contributed by atoms with Gasteiger partial charge in [-0.15, -0.1) is 11.3 Å². The lowest BCUT2D eigenvalue weighted by Crippen LogP contribution is -2.22. The molecule has 0 saturated heterocycles. The monoisotopic (exact) mass is 304 g/mol. The van der Waals surface area contributed by atoms with Gasteiger partial charge in [-0.05, 0) is 25.8 Å². The van der Waals surface area contributed by atoms with E-state index in [2.05, 4.69) is 4.98 Å². The third-order valence-corrected chi connectivity index (χ3v) is 5.20. The molecule has 0 N–H and O–H groups in total. The van der Waals surface area contributed by atoms with Crippen LogP contribution in [-0.4, -0.2) is 17.8 Å². The molecule has 1 atom stereocenters. The predicted molar refractivity (Wildman–Crippen MR) is 82.6 cm³/mol. The Hall–Kier alpha value is -1.75. The third-order valence-electron chi connectivity index (χ3n) is 4.00. The van der Waals surface area contributed by atoms with Crippen LogP contribution >= 0.6 is 11.3 Å². The van der Waals surface area contributed by atoms with Gasteiger partial charge >= 0.3 is 0 Å². The highest BCUT2D eigenvalue weighted by Crippen LogP contribution is 2.35. The number of halogens is 1. The van der Waals surface area contributed by atoms with Crippen molar-refractivity contribution in [1.29, 1.82) is 0 Å². The van der Waals surface area contributed by atoms with Crippen LogP contribution in [0.15, 0.2) is 24.3 Å². The van der Waals surface area contributed by atoms with Gasteiger partial charge in [0, 0.05) is 23.9 Å². The molecule has 0 aliphatic heterocycles. The smallest absolute Gasteiger partial charge is 0.186 e. The predicted octanol–water partition coefficient (Wildman–Crippen LogP) is 4.00. The summed E-state index contributed by atoms with van der Waals surface area (Å²) in [5, 5.41) is 0.783. The first-order chi connectivity index (χ1) is 10.1. The van der Waals surface area contributed by atoms with E-state index in [1.54, 1.807) is 23.5 Å². The molecule has 1 aromatic heterocycles. The van der Waals surface area contributed by atoms with Gasteiger partial charge in [-0.2, -0.15) is 0 Å². The number of rotatable bonds is 3. The minimum Gasteiger partial charge on any atom is -0.344 e. The summed E-state index contributed by atoms with van der Waals surface area (Å²) in [5.74, 6) is -0.0834. The fourth-order valence-corrected chi connectivity index (χ4v) is 3.76. The molecule has 0 radical (unpaired) electrons. The second-order valence-electron chi connectivity index (χ2n) is 5.35. The fourth-order valence-electron chi connectivity index (χ4n) is 2.59. The topological polar surface area (TPSA) is 33.2 Å². The Morgan fingerprint density at radius 2 is 2.10 bits per heavy atom. The van der Waals surface area contributed by atoms with E-state index in [9.17, 15) is 9.18 Å². The summed E-state index contributed by atoms with van der Waals surface area (Å²) in [5.41, 5.74) is 1.26. The van der Waals surface area contributed by atoms with Gasteiger partial charge in [-0.25, -0.2) is 9.37 Å². The molecule has 2 aromatic rings. The van der Waals surface area contributed by atoms with Crippen LogP contribution in [0.5, 0.6) is 0 Å². The maximum atomic E-state index is 13.9. The zero-order valence-electron chi connectivity index (χ0n) is 12.1. The highest BCUT2D eigenvalue weighted by molar-refractivity contribution is 7.16. The summed E-state index contributed by atoms with van der Waals surface area (Å²) >= 11 is 1.55. The van der Waals surface area contributed by atoms with E-state index in [4.69, 9.17) is 0 Å². The molecule has 5 heteroatoms. The summed E-state index contributed by atoms with van der Waals surface area (Å²) in [7, 11) is 1.89. The van der Waals surface area contributed by atoms with Gasteiger partial charge in [-0.3, -0.25) is 4.79 Å². The molecule has 1 heterocycles. The number of thiazole rings is 1. The van der Waals surface area contributed by atoms with Crippen LogP contribution in [0.2, 0.25) is 0 Å². The van der Waals surface area contributed by atoms with E-state index >= 15 is 0 Å². The van der Waals surface area contributed by atoms with Gasteiger partial charge < -0.3 is 4.90 Å². The Balaban J connectivity index is 1.90. The van der Waals surface area contributed by atoms with Crippen molar-refractivity contribution in [3.8, 4) is 0 Å². The van der Waals surface area contributed by atoms with Crippen LogP contribution in [0.1, 0.15) is 46.7 Å². The van der Waals surface area contributed by atoms with E-state index in [0.717, 1.165) is 22.9 Å². The lowest BCUT2D eigenvalue weighted by Gasteiger charge is -2.24. The highest BCUT2D eigenvalue weighted by Gasteiger charge is 2.25. The quantitative estimate of drug-likeness (QED) is 0.859. The molecule has 0 spiro atoms. The van der Waals surface area contributed by atoms with Crippen LogP contribution in [0.4, 0.5) is 9.52 Å². The Bertz CT molecular complexity index is 683. The van der Waals surface area contributed by atoms with E-state index < -0.39 is 0 Å². The van der Waals surface area contributed by atoms with E-state index in [0.29, 0.717) is 17.7 Å². The van der Waals surface area contributed by atoms with Crippen molar-refractivity contribution >= 4 is 22.3 Å². The summed E-state index contributed by atoms with van der Waals surface area (Å²) in [6.45, 7) is 1.95. The molecule has 0 fully saturated rings. The minimum absolute atomic E-state index is 0.130. The van der Waals surface area contributed by atoms with Crippen molar-refractivity contribution in [2.75, 3.05) is 11.9 Å². The molecule has 3 rings (SSSR count). The van der Waals surface area contributed by atoms with Crippen LogP contribution in [-0.2, 0) is 6.42 Å². The molecular formula is C16H17FN2OS. The number of Topliss-reactive ketones (excluding diaryl/α,β-unsaturated/α-hetero) is 1. The maximum Gasteiger partial charge on any atom is 0.186 e. The Kier molecular flexibility index (Phi) is 3.76. The first-order valence-electron chi connectivity index (χ1n) is 7.08. The molecule has 3 nitrogen and oxygen atoms in total. The Labute approximate surface area is 127 Å². The molecule has 1 aromatic carbocycles. The maximum absolute atomic E-state index is 13.9. The molecular weight excluding hydrogens is 287 g/mol. The van der Waals surface area contributed by atoms with E-state index in [1.165, 1.54) is 6.07 Å². The zero-order valence-corrected chi connectivity index (χ0v) is 12.9. The Morgan fingerprint density at radius 3 is 2.81 bits per heavy atom. The van der Waals surface area contributed by atoms with E-state index in [-0.39, 0.29) is 17.6 Å². The van der Waals surface area contributed by atoms with Crippen molar-refractivity contribution in [2.24, 2.45) is 0 Å². The number of fused-ring (bicyclic) bond motifs is 1. The lowest BCUT2D eigenvalue weighted by atomic mass is 10.0. The van der Waals surface area contributed by atoms with Crippen molar-refractivity contribution in [3.05, 3.63) is 46.2 Å². The number of hydrogen-bond donors (Lipinski definition) is 0. The number of carbonyl (C=O) groups is 1. The first-order valence-corrected chi connectivity index (χ1v) is 7.89. The van der Waals surface area contributed by atoms with Crippen LogP contribution < -0.4 is 4.90 Å². The number of hydrogen-bond acceptors (Lipinski definition) is 4. The third kappa shape index (κ3) is 2.58. The van der Waals surface area contributed by atoms with Gasteiger partial charge in [-0.1, -0.05) is 18.2 Å². The van der Waals surface area contributed by atoms with E-state index in [1.807, 2.05) is 24.9 Å². The van der Waals surface area contributed by atoms with Gasteiger partial charge in [0.05, 0.1) is 6.04 Å². The van der Waals surface area contributed by atoms with Crippen LogP contribution in [0.25, 0.3) is 0 Å². The fraction of sp³-hybridized carbons (Fsp3) is 0.375. The molecule has 21 heavy (non-hydrogen) atoms. The second kappa shape index (κ2) is 5.56. The number of aromatic nitrogens is 1. The van der Waals surface area contributed by atoms with Crippen molar-refractivity contribution in [1.82, 2.24) is 4.98 Å². The normalized spacial score (nSPS) is 15.7. The number of aryl methyl sites for hydroxylation is 1. The molecule has 110 valence electrons. The lowest BCUT2D eigenvalue weighted by molar-refractivity contribution is 0.0968. The average molecular weight is 304 g/mol. The Morgan fingerprint density at radius 1 is 1.33 bits per heavy atom. The number of nitrogens with zero attached hydrogens (tertiary/aromatic N) is 2. The zero-order chi connectivity index (χ0) is 15.0. The molecule has 0 amide bonds. The number of anilines is 1. The second-order valence-corrected chi connectivity index (χ2v) is 6.42. The molecule has 1 aliphatic carbocycles. The van der Waals surface area contributed by atoms with Crippen LogP contribution in [0, 0.1) is 5.82 Å². The van der Waals surface area contributed by atoms with Crippen molar-refractivity contribution < 1.29 is 9.18 Å². The highest BCUT2D eigenvalue weighted by atomic mass is 32.1. The van der Waals surface area contributed by atoms with Gasteiger partial charge in [0.2, 0.25) is 0 Å². The molecule has 0 bridgehead atoms. The summed E-state index contributed by atoms with van der Waals surface area (Å²) in [6, 6.07) is 6.64. The largest absolute Gasteiger partial charge is 0.344 e. The van der Waals surface area contributed by atoms with Gasteiger partial charge in [0.15, 0.2) is 10.9 Å². The SMILES string of the molecule is CC(c1ccccc1F)N(C)c1nc2c(s1)CCCC2=O. The van der Waals surface area contributed by atoms with Gasteiger partial charge in [0.25, 0.3) is 0 Å². The average Bonchev–Trinajstić information content (AvgIpc) is 2.92. The van der Waals surface area contributed by atoms with Crippen LogP contribution in [0.3, 0.4) is 0 Å². The number of ketones is 1. The first kappa shape index (κ1) is 14.2. The van der Waals surface area contributed by atoms with Gasteiger partial charge in [0.1, 0.15) is 11.5 Å². The summed E-state index contributed by atoms with van der Waals surface area (Å²) in [4.78, 5) is 19.4. The summed E-state index contributed by atoms with van der Waals surface area (Å²) < 4.78 is 13.9. The summed E-state index contributed by atoms with van der Waals surface area (Å²) in [6.07, 6.45) is 2.41.